The maximum atomic E-state index is 14.1. The predicted octanol–water partition coefficient (Wildman–Crippen LogP) is 4.30. The van der Waals surface area contributed by atoms with Gasteiger partial charge in [0.25, 0.3) is 5.56 Å². The van der Waals surface area contributed by atoms with Gasteiger partial charge >= 0.3 is 0 Å². The molecule has 1 aliphatic heterocycles. The molecule has 140 valence electrons. The highest BCUT2D eigenvalue weighted by Gasteiger charge is 2.21. The minimum absolute atomic E-state index is 0.0831. The molecular formula is C22H24ClN3O. The summed E-state index contributed by atoms with van der Waals surface area (Å²) in [7, 11) is 0.620. The van der Waals surface area contributed by atoms with Crippen LogP contribution in [0.4, 0.5) is 0 Å². The van der Waals surface area contributed by atoms with Crippen LogP contribution < -0.4 is 5.56 Å². The number of benzene rings is 2. The van der Waals surface area contributed by atoms with Crippen LogP contribution in [0.15, 0.2) is 53.2 Å². The van der Waals surface area contributed by atoms with Gasteiger partial charge in [-0.1, -0.05) is 41.9 Å². The molecule has 0 bridgehead atoms. The van der Waals surface area contributed by atoms with E-state index in [1.807, 2.05) is 0 Å². The van der Waals surface area contributed by atoms with Gasteiger partial charge in [-0.05, 0) is 62.9 Å². The summed E-state index contributed by atoms with van der Waals surface area (Å²) in [6.45, 7) is -7.42. The molecule has 0 spiro atoms. The zero-order chi connectivity index (χ0) is 34.0. The van der Waals surface area contributed by atoms with Gasteiger partial charge in [0, 0.05) is 33.2 Å². The van der Waals surface area contributed by atoms with E-state index in [2.05, 4.69) is 5.10 Å². The van der Waals surface area contributed by atoms with Gasteiger partial charge in [-0.15, -0.1) is 0 Å². The molecule has 1 aromatic heterocycles. The second kappa shape index (κ2) is 7.83. The number of halogens is 1. The molecule has 4 nitrogen and oxygen atoms in total. The molecule has 0 amide bonds. The van der Waals surface area contributed by atoms with E-state index < -0.39 is 90.7 Å². The van der Waals surface area contributed by atoms with Gasteiger partial charge in [-0.2, -0.15) is 5.10 Å². The molecule has 0 saturated carbocycles. The molecule has 1 aliphatic rings. The highest BCUT2D eigenvalue weighted by molar-refractivity contribution is 6.30. The standard InChI is InChI=1S/C22H24ClN3O/c1-25-13-4-5-18(12-14-25)26-22(27)20-7-3-2-6-19(20)21(24-26)15-16-8-10-17(23)11-9-16/h2-3,6-11,18H,4-5,12-15H2,1H3/i2D,3D,4D2,5D2,6D,7D,12D2,13D2,14D2,15D2,18D. The molecule has 1 saturated heterocycles. The molecule has 4 rings (SSSR count). The maximum Gasteiger partial charge on any atom is 0.274 e. The molecule has 1 unspecified atom stereocenters. The van der Waals surface area contributed by atoms with Gasteiger partial charge < -0.3 is 4.90 Å². The van der Waals surface area contributed by atoms with Crippen LogP contribution >= 0.6 is 11.6 Å². The summed E-state index contributed by atoms with van der Waals surface area (Å²) < 4.78 is 145. The third-order valence-electron chi connectivity index (χ3n) is 3.60. The van der Waals surface area contributed by atoms with E-state index >= 15 is 0 Å². The van der Waals surface area contributed by atoms with E-state index in [4.69, 9.17) is 33.5 Å². The van der Waals surface area contributed by atoms with Crippen molar-refractivity contribution >= 4 is 22.4 Å². The van der Waals surface area contributed by atoms with Crippen molar-refractivity contribution in [1.29, 1.82) is 0 Å². The molecule has 1 fully saturated rings. The van der Waals surface area contributed by atoms with Crippen LogP contribution in [0.2, 0.25) is 5.02 Å². The number of fused-ring (bicyclic) bond motifs is 1. The third-order valence-corrected chi connectivity index (χ3v) is 3.85. The lowest BCUT2D eigenvalue weighted by molar-refractivity contribution is 0.334. The van der Waals surface area contributed by atoms with Crippen molar-refractivity contribution in [3.8, 4) is 0 Å². The second-order valence-corrected chi connectivity index (χ2v) is 5.89. The Hall–Kier alpha value is -2.17. The summed E-state index contributed by atoms with van der Waals surface area (Å²) >= 11 is 5.92. The van der Waals surface area contributed by atoms with E-state index in [0.717, 1.165) is 0 Å². The summed E-state index contributed by atoms with van der Waals surface area (Å²) in [5.74, 6) is 0. The van der Waals surface area contributed by atoms with Crippen LogP contribution in [-0.2, 0) is 6.37 Å². The van der Waals surface area contributed by atoms with Crippen LogP contribution in [0.3, 0.4) is 0 Å². The first-order valence-corrected chi connectivity index (χ1v) is 8.11. The fraction of sp³-hybridized carbons (Fsp3) is 0.364. The number of hydrogen-bond donors (Lipinski definition) is 0. The van der Waals surface area contributed by atoms with Gasteiger partial charge in [0.15, 0.2) is 0 Å². The predicted molar refractivity (Wildman–Crippen MR) is 111 cm³/mol. The molecule has 27 heavy (non-hydrogen) atoms. The average molecular weight is 399 g/mol. The lowest BCUT2D eigenvalue weighted by atomic mass is 10.0. The van der Waals surface area contributed by atoms with Crippen molar-refractivity contribution in [3.05, 3.63) is 75.1 Å². The van der Waals surface area contributed by atoms with Crippen molar-refractivity contribution < 1.29 is 23.3 Å². The smallest absolute Gasteiger partial charge is 0.274 e. The van der Waals surface area contributed by atoms with Gasteiger partial charge in [0.1, 0.15) is 0 Å². The molecule has 1 atom stereocenters. The van der Waals surface area contributed by atoms with E-state index in [1.165, 1.54) is 24.3 Å². The van der Waals surface area contributed by atoms with Crippen molar-refractivity contribution in [2.24, 2.45) is 0 Å². The molecular weight excluding hydrogens is 358 g/mol. The molecule has 2 aromatic carbocycles. The quantitative estimate of drug-likeness (QED) is 0.660. The lowest BCUT2D eigenvalue weighted by Crippen LogP contribution is -2.29. The zero-order valence-corrected chi connectivity index (χ0v) is 14.7. The third kappa shape index (κ3) is 3.92. The average Bonchev–Trinajstić information content (AvgIpc) is 2.93. The Morgan fingerprint density at radius 2 is 2.00 bits per heavy atom. The number of rotatable bonds is 3. The van der Waals surface area contributed by atoms with Crippen molar-refractivity contribution in [1.82, 2.24) is 14.7 Å². The Kier molecular flexibility index (Phi) is 2.03. The number of nitrogens with zero attached hydrogens (tertiary/aromatic N) is 3. The molecule has 3 aromatic rings. The Balaban J connectivity index is 2.34. The first kappa shape index (κ1) is 7.02. The van der Waals surface area contributed by atoms with Crippen LogP contribution in [0, 0.1) is 0 Å². The van der Waals surface area contributed by atoms with Gasteiger partial charge in [0.2, 0.25) is 0 Å². The molecule has 0 N–H and O–H groups in total. The maximum absolute atomic E-state index is 14.1. The van der Waals surface area contributed by atoms with Crippen molar-refractivity contribution in [2.75, 3.05) is 20.0 Å². The summed E-state index contributed by atoms with van der Waals surface area (Å²) in [6, 6.07) is -3.34. The first-order chi connectivity index (χ1) is 19.7. The number of likely N-dealkylation sites (tertiary alicyclic amines) is 1. The second-order valence-electron chi connectivity index (χ2n) is 5.45. The zero-order valence-electron chi connectivity index (χ0n) is 30.9. The van der Waals surface area contributed by atoms with E-state index in [-0.39, 0.29) is 20.2 Å². The highest BCUT2D eigenvalue weighted by atomic mass is 35.5. The van der Waals surface area contributed by atoms with Crippen LogP contribution in [0.1, 0.15) is 59.7 Å². The fourth-order valence-corrected chi connectivity index (χ4v) is 2.46. The van der Waals surface area contributed by atoms with E-state index in [0.29, 0.717) is 7.05 Å². The fourth-order valence-electron chi connectivity index (χ4n) is 2.33. The number of hydrogen-bond acceptors (Lipinski definition) is 3. The highest BCUT2D eigenvalue weighted by Crippen LogP contribution is 2.23. The Bertz CT molecular complexity index is 1740. The lowest BCUT2D eigenvalue weighted by Gasteiger charge is -2.19. The van der Waals surface area contributed by atoms with E-state index in [1.54, 1.807) is 0 Å². The van der Waals surface area contributed by atoms with Crippen LogP contribution in [0.25, 0.3) is 10.8 Å². The largest absolute Gasteiger partial charge is 0.306 e. The summed E-state index contributed by atoms with van der Waals surface area (Å²) in [4.78, 5) is 14.0. The Morgan fingerprint density at radius 3 is 2.78 bits per heavy atom. The van der Waals surface area contributed by atoms with Crippen LogP contribution in [0.5, 0.6) is 0 Å². The molecule has 0 aliphatic carbocycles. The Morgan fingerprint density at radius 1 is 1.26 bits per heavy atom. The summed E-state index contributed by atoms with van der Waals surface area (Å²) in [6.07, 6.45) is -15.2. The van der Waals surface area contributed by atoms with Crippen molar-refractivity contribution in [3.63, 3.8) is 0 Å². The molecule has 0 radical (unpaired) electrons. The SMILES string of the molecule is [2H]c1c([2H])c([2H])c2c(=O)n(C3([2H])C([2H])([2H])C([2H])([2H])N(C)C([2H])([2H])C([2H])([2H])C3([2H])[2H])nc(C([2H])([2H])c3ccc(Cl)cc3)c2c1[2H]. The minimum atomic E-state index is -4.20. The first-order valence-electron chi connectivity index (χ1n) is 16.2. The monoisotopic (exact) mass is 398 g/mol. The molecule has 5 heteroatoms. The van der Waals surface area contributed by atoms with Crippen molar-refractivity contribution in [2.45, 2.75) is 31.5 Å². The topological polar surface area (TPSA) is 38.1 Å². The van der Waals surface area contributed by atoms with Crippen LogP contribution in [-0.4, -0.2) is 34.7 Å². The minimum Gasteiger partial charge on any atom is -0.306 e. The number of aromatic nitrogens is 2. The van der Waals surface area contributed by atoms with E-state index in [9.17, 15) is 6.17 Å². The molecule has 2 heterocycles. The summed E-state index contributed by atoms with van der Waals surface area (Å²) in [5, 5.41) is 2.07. The van der Waals surface area contributed by atoms with Gasteiger partial charge in [-0.3, -0.25) is 4.79 Å². The van der Waals surface area contributed by atoms with Gasteiger partial charge in [0.05, 0.1) is 24.0 Å². The Labute approximate surface area is 188 Å². The van der Waals surface area contributed by atoms with Gasteiger partial charge in [-0.25, -0.2) is 4.68 Å². The normalized spacial score (nSPS) is 40.3. The summed E-state index contributed by atoms with van der Waals surface area (Å²) in [5.41, 5.74) is -3.11.